The van der Waals surface area contributed by atoms with E-state index in [0.717, 1.165) is 15.8 Å². The number of ketones is 1. The summed E-state index contributed by atoms with van der Waals surface area (Å²) < 4.78 is 6.65. The number of hydrogen-bond donors (Lipinski definition) is 0. The van der Waals surface area contributed by atoms with E-state index in [9.17, 15) is 4.79 Å². The first-order valence-corrected chi connectivity index (χ1v) is 6.20. The van der Waals surface area contributed by atoms with Crippen LogP contribution in [0.25, 0.3) is 11.3 Å². The molecule has 88 valence electrons. The van der Waals surface area contributed by atoms with E-state index in [0.29, 0.717) is 12.2 Å². The summed E-state index contributed by atoms with van der Waals surface area (Å²) in [6.07, 6.45) is 0.351. The maximum Gasteiger partial charge on any atom is 0.137 e. The van der Waals surface area contributed by atoms with Crippen LogP contribution in [0.1, 0.15) is 18.2 Å². The lowest BCUT2D eigenvalue weighted by Crippen LogP contribution is -1.93. The first-order valence-electron chi connectivity index (χ1n) is 5.41. The van der Waals surface area contributed by atoms with Gasteiger partial charge in [-0.2, -0.15) is 0 Å². The summed E-state index contributed by atoms with van der Waals surface area (Å²) in [7, 11) is 0. The molecule has 1 heterocycles. The van der Waals surface area contributed by atoms with Gasteiger partial charge in [-0.25, -0.2) is 0 Å². The highest BCUT2D eigenvalue weighted by Crippen LogP contribution is 2.30. The zero-order valence-electron chi connectivity index (χ0n) is 9.79. The van der Waals surface area contributed by atoms with Crippen LogP contribution in [0.15, 0.2) is 39.2 Å². The second kappa shape index (κ2) is 4.88. The number of furan rings is 1. The minimum atomic E-state index is 0.105. The van der Waals surface area contributed by atoms with Crippen molar-refractivity contribution in [1.82, 2.24) is 0 Å². The van der Waals surface area contributed by atoms with Gasteiger partial charge in [0.2, 0.25) is 0 Å². The molecule has 2 nitrogen and oxygen atoms in total. The van der Waals surface area contributed by atoms with Gasteiger partial charge in [-0.3, -0.25) is 4.79 Å². The van der Waals surface area contributed by atoms with Crippen molar-refractivity contribution >= 4 is 21.7 Å². The molecule has 0 atom stereocenters. The molecule has 1 aromatic heterocycles. The van der Waals surface area contributed by atoms with E-state index in [2.05, 4.69) is 15.9 Å². The summed E-state index contributed by atoms with van der Waals surface area (Å²) >= 11 is 3.52. The Labute approximate surface area is 109 Å². The van der Waals surface area contributed by atoms with Crippen LogP contribution in [0.4, 0.5) is 0 Å². The van der Waals surface area contributed by atoms with Crippen LogP contribution in [0.5, 0.6) is 0 Å². The summed E-state index contributed by atoms with van der Waals surface area (Å²) in [6, 6.07) is 9.84. The molecule has 0 N–H and O–H groups in total. The van der Waals surface area contributed by atoms with Crippen LogP contribution in [-0.4, -0.2) is 5.78 Å². The summed E-state index contributed by atoms with van der Waals surface area (Å²) in [5, 5.41) is 0. The summed E-state index contributed by atoms with van der Waals surface area (Å²) in [4.78, 5) is 11.0. The molecule has 0 spiro atoms. The smallest absolute Gasteiger partial charge is 0.137 e. The SMILES string of the molecule is CC(=O)Cc1ccc(-c2ccc(C)cc2Br)o1. The Kier molecular flexibility index (Phi) is 3.48. The number of rotatable bonds is 3. The van der Waals surface area contributed by atoms with Crippen LogP contribution in [0, 0.1) is 6.92 Å². The van der Waals surface area contributed by atoms with Crippen LogP contribution < -0.4 is 0 Å². The van der Waals surface area contributed by atoms with Gasteiger partial charge < -0.3 is 4.42 Å². The van der Waals surface area contributed by atoms with Crippen molar-refractivity contribution in [3.05, 3.63) is 46.1 Å². The predicted molar refractivity (Wildman–Crippen MR) is 71.0 cm³/mol. The Hall–Kier alpha value is -1.35. The van der Waals surface area contributed by atoms with E-state index >= 15 is 0 Å². The van der Waals surface area contributed by atoms with Crippen LogP contribution in [0.3, 0.4) is 0 Å². The van der Waals surface area contributed by atoms with E-state index < -0.39 is 0 Å². The standard InChI is InChI=1S/C14H13BrO2/c1-9-3-5-12(13(15)7-9)14-6-4-11(17-14)8-10(2)16/h3-7H,8H2,1-2H3. The van der Waals surface area contributed by atoms with Gasteiger partial charge in [-0.1, -0.05) is 22.0 Å². The highest BCUT2D eigenvalue weighted by Gasteiger charge is 2.09. The van der Waals surface area contributed by atoms with E-state index in [1.165, 1.54) is 5.56 Å². The van der Waals surface area contributed by atoms with Crippen LogP contribution in [0.2, 0.25) is 0 Å². The maximum absolute atomic E-state index is 11.0. The lowest BCUT2D eigenvalue weighted by molar-refractivity contribution is -0.116. The predicted octanol–water partition coefficient (Wildman–Crippen LogP) is 4.15. The monoisotopic (exact) mass is 292 g/mol. The van der Waals surface area contributed by atoms with Gasteiger partial charge in [-0.05, 0) is 43.7 Å². The molecule has 0 saturated carbocycles. The first kappa shape index (κ1) is 12.1. The molecule has 0 unspecified atom stereocenters. The van der Waals surface area contributed by atoms with Gasteiger partial charge in [0, 0.05) is 10.0 Å². The zero-order chi connectivity index (χ0) is 12.4. The molecule has 0 aliphatic carbocycles. The third-order valence-corrected chi connectivity index (χ3v) is 3.13. The molecule has 0 saturated heterocycles. The molecule has 3 heteroatoms. The van der Waals surface area contributed by atoms with E-state index in [4.69, 9.17) is 4.42 Å². The fourth-order valence-electron chi connectivity index (χ4n) is 1.68. The average Bonchev–Trinajstić information content (AvgIpc) is 2.65. The van der Waals surface area contributed by atoms with Crippen LogP contribution in [-0.2, 0) is 11.2 Å². The van der Waals surface area contributed by atoms with Crippen molar-refractivity contribution in [2.45, 2.75) is 20.3 Å². The van der Waals surface area contributed by atoms with Crippen molar-refractivity contribution in [1.29, 1.82) is 0 Å². The molecular weight excluding hydrogens is 280 g/mol. The first-order chi connectivity index (χ1) is 8.06. The Bertz CT molecular complexity index is 555. The molecular formula is C14H13BrO2. The average molecular weight is 293 g/mol. The van der Waals surface area contributed by atoms with Crippen molar-refractivity contribution in [2.24, 2.45) is 0 Å². The van der Waals surface area contributed by atoms with Gasteiger partial charge in [0.25, 0.3) is 0 Å². The zero-order valence-corrected chi connectivity index (χ0v) is 11.4. The normalized spacial score (nSPS) is 10.5. The second-order valence-electron chi connectivity index (χ2n) is 4.13. The van der Waals surface area contributed by atoms with E-state index in [-0.39, 0.29) is 5.78 Å². The van der Waals surface area contributed by atoms with Crippen molar-refractivity contribution in [3.63, 3.8) is 0 Å². The fourth-order valence-corrected chi connectivity index (χ4v) is 2.37. The van der Waals surface area contributed by atoms with Crippen molar-refractivity contribution < 1.29 is 9.21 Å². The highest BCUT2D eigenvalue weighted by molar-refractivity contribution is 9.10. The van der Waals surface area contributed by atoms with Gasteiger partial charge in [0.05, 0.1) is 6.42 Å². The minimum Gasteiger partial charge on any atom is -0.461 e. The molecule has 0 fully saturated rings. The fraction of sp³-hybridized carbons (Fsp3) is 0.214. The van der Waals surface area contributed by atoms with Gasteiger partial charge in [0.1, 0.15) is 17.3 Å². The molecule has 2 aromatic rings. The number of benzene rings is 1. The summed E-state index contributed by atoms with van der Waals surface area (Å²) in [6.45, 7) is 3.60. The number of aryl methyl sites for hydroxylation is 1. The van der Waals surface area contributed by atoms with Gasteiger partial charge >= 0.3 is 0 Å². The Morgan fingerprint density at radius 2 is 2.06 bits per heavy atom. The molecule has 0 aliphatic heterocycles. The number of hydrogen-bond acceptors (Lipinski definition) is 2. The molecule has 2 rings (SSSR count). The quantitative estimate of drug-likeness (QED) is 0.851. The number of halogens is 1. The molecule has 0 bridgehead atoms. The summed E-state index contributed by atoms with van der Waals surface area (Å²) in [5.74, 6) is 1.60. The Morgan fingerprint density at radius 1 is 1.29 bits per heavy atom. The molecule has 0 aliphatic rings. The van der Waals surface area contributed by atoms with E-state index in [1.54, 1.807) is 6.92 Å². The van der Waals surface area contributed by atoms with Crippen LogP contribution >= 0.6 is 15.9 Å². The van der Waals surface area contributed by atoms with E-state index in [1.807, 2.05) is 37.3 Å². The Balaban J connectivity index is 2.33. The van der Waals surface area contributed by atoms with Crippen molar-refractivity contribution in [3.8, 4) is 11.3 Å². The number of Topliss-reactive ketones (excluding diaryl/α,β-unsaturated/α-hetero) is 1. The number of carbonyl (C=O) groups is 1. The third kappa shape index (κ3) is 2.86. The van der Waals surface area contributed by atoms with Gasteiger partial charge in [0.15, 0.2) is 0 Å². The lowest BCUT2D eigenvalue weighted by Gasteiger charge is -2.02. The second-order valence-corrected chi connectivity index (χ2v) is 4.98. The maximum atomic E-state index is 11.0. The van der Waals surface area contributed by atoms with Gasteiger partial charge in [-0.15, -0.1) is 0 Å². The highest BCUT2D eigenvalue weighted by atomic mass is 79.9. The lowest BCUT2D eigenvalue weighted by atomic mass is 10.1. The topological polar surface area (TPSA) is 30.2 Å². The molecule has 17 heavy (non-hydrogen) atoms. The van der Waals surface area contributed by atoms with Crippen molar-refractivity contribution in [2.75, 3.05) is 0 Å². The summed E-state index contributed by atoms with van der Waals surface area (Å²) in [5.41, 5.74) is 2.20. The number of carbonyl (C=O) groups excluding carboxylic acids is 1. The molecule has 0 radical (unpaired) electrons. The third-order valence-electron chi connectivity index (χ3n) is 2.47. The largest absolute Gasteiger partial charge is 0.461 e. The molecule has 0 amide bonds. The Morgan fingerprint density at radius 3 is 2.71 bits per heavy atom. The minimum absolute atomic E-state index is 0.105. The molecule has 1 aromatic carbocycles.